The lowest BCUT2D eigenvalue weighted by molar-refractivity contribution is -0.136. The number of aliphatic carboxylic acids is 1. The van der Waals surface area contributed by atoms with Crippen molar-refractivity contribution in [2.45, 2.75) is 18.2 Å². The minimum Gasteiger partial charge on any atom is -0.481 e. The molecular formula is C9H7BrClF2NO2. The van der Waals surface area contributed by atoms with E-state index in [-0.39, 0.29) is 16.0 Å². The molecule has 0 aliphatic rings. The van der Waals surface area contributed by atoms with Crippen molar-refractivity contribution < 1.29 is 18.7 Å². The summed E-state index contributed by atoms with van der Waals surface area (Å²) in [4.78, 5) is 14.2. The SMILES string of the molecule is O=C(O)Cc1ncc(CBr)c(Cl)c1C(F)F. The maximum Gasteiger partial charge on any atom is 0.309 e. The molecule has 0 amide bonds. The molecular weight excluding hydrogens is 307 g/mol. The highest BCUT2D eigenvalue weighted by Gasteiger charge is 2.22. The van der Waals surface area contributed by atoms with Gasteiger partial charge in [-0.25, -0.2) is 8.78 Å². The van der Waals surface area contributed by atoms with Gasteiger partial charge in [-0.1, -0.05) is 27.5 Å². The van der Waals surface area contributed by atoms with Crippen molar-refractivity contribution in [3.8, 4) is 0 Å². The Bertz CT molecular complexity index is 415. The molecule has 0 radical (unpaired) electrons. The van der Waals surface area contributed by atoms with Crippen LogP contribution in [0.5, 0.6) is 0 Å². The van der Waals surface area contributed by atoms with Crippen LogP contribution in [0.25, 0.3) is 0 Å². The summed E-state index contributed by atoms with van der Waals surface area (Å²) in [6.07, 6.45) is -2.11. The van der Waals surface area contributed by atoms with E-state index in [1.165, 1.54) is 6.20 Å². The van der Waals surface area contributed by atoms with Crippen LogP contribution in [0, 0.1) is 0 Å². The highest BCUT2D eigenvalue weighted by atomic mass is 79.9. The Labute approximate surface area is 104 Å². The molecule has 0 aliphatic carbocycles. The quantitative estimate of drug-likeness (QED) is 0.868. The van der Waals surface area contributed by atoms with E-state index in [2.05, 4.69) is 20.9 Å². The van der Waals surface area contributed by atoms with E-state index in [1.54, 1.807) is 0 Å². The number of pyridine rings is 1. The number of carboxylic acid groups (broad SMARTS) is 1. The van der Waals surface area contributed by atoms with Gasteiger partial charge in [0.15, 0.2) is 0 Å². The lowest BCUT2D eigenvalue weighted by atomic mass is 10.1. The third-order valence-electron chi connectivity index (χ3n) is 1.89. The van der Waals surface area contributed by atoms with Gasteiger partial charge in [0.25, 0.3) is 6.43 Å². The molecule has 0 aromatic carbocycles. The smallest absolute Gasteiger partial charge is 0.309 e. The third-order valence-corrected chi connectivity index (χ3v) is 2.94. The van der Waals surface area contributed by atoms with Crippen molar-refractivity contribution in [2.24, 2.45) is 0 Å². The lowest BCUT2D eigenvalue weighted by Gasteiger charge is -2.10. The molecule has 0 unspecified atom stereocenters. The van der Waals surface area contributed by atoms with Crippen LogP contribution >= 0.6 is 27.5 Å². The Balaban J connectivity index is 3.28. The van der Waals surface area contributed by atoms with Crippen molar-refractivity contribution >= 4 is 33.5 Å². The Kier molecular flexibility index (Phi) is 4.61. The molecule has 0 bridgehead atoms. The molecule has 88 valence electrons. The van der Waals surface area contributed by atoms with Crippen molar-refractivity contribution in [1.82, 2.24) is 4.98 Å². The van der Waals surface area contributed by atoms with Gasteiger partial charge in [-0.05, 0) is 0 Å². The minimum atomic E-state index is -2.84. The summed E-state index contributed by atoms with van der Waals surface area (Å²) in [5.74, 6) is -1.22. The number of halogens is 4. The number of carbonyl (C=O) groups is 1. The summed E-state index contributed by atoms with van der Waals surface area (Å²) in [6.45, 7) is 0. The topological polar surface area (TPSA) is 50.2 Å². The van der Waals surface area contributed by atoms with E-state index < -0.39 is 24.4 Å². The zero-order valence-electron chi connectivity index (χ0n) is 7.88. The first-order chi connectivity index (χ1) is 7.47. The molecule has 7 heteroatoms. The van der Waals surface area contributed by atoms with Crippen LogP contribution in [0.2, 0.25) is 5.02 Å². The zero-order valence-corrected chi connectivity index (χ0v) is 10.2. The van der Waals surface area contributed by atoms with Crippen LogP contribution in [0.4, 0.5) is 8.78 Å². The summed E-state index contributed by atoms with van der Waals surface area (Å²) in [5.41, 5.74) is -0.288. The van der Waals surface area contributed by atoms with Crippen LogP contribution in [-0.4, -0.2) is 16.1 Å². The van der Waals surface area contributed by atoms with Gasteiger partial charge in [0.1, 0.15) is 0 Å². The number of hydrogen-bond acceptors (Lipinski definition) is 2. The first kappa shape index (κ1) is 13.3. The number of alkyl halides is 3. The normalized spacial score (nSPS) is 10.8. The van der Waals surface area contributed by atoms with Crippen LogP contribution in [-0.2, 0) is 16.5 Å². The first-order valence-electron chi connectivity index (χ1n) is 4.19. The standard InChI is InChI=1S/C9H7BrClF2NO2/c10-2-4-3-14-5(1-6(15)16)7(8(4)11)9(12)13/h3,9H,1-2H2,(H,15,16). The van der Waals surface area contributed by atoms with E-state index >= 15 is 0 Å². The predicted molar refractivity (Wildman–Crippen MR) is 58.2 cm³/mol. The average molecular weight is 315 g/mol. The molecule has 0 saturated heterocycles. The molecule has 0 atom stereocenters. The summed E-state index contributed by atoms with van der Waals surface area (Å²) in [6, 6.07) is 0. The second-order valence-electron chi connectivity index (χ2n) is 2.96. The van der Waals surface area contributed by atoms with E-state index in [0.717, 1.165) is 0 Å². The van der Waals surface area contributed by atoms with E-state index in [1.807, 2.05) is 0 Å². The summed E-state index contributed by atoms with van der Waals surface area (Å²) in [5, 5.41) is 8.71. The fourth-order valence-electron chi connectivity index (χ4n) is 1.18. The van der Waals surface area contributed by atoms with Crippen molar-refractivity contribution in [1.29, 1.82) is 0 Å². The van der Waals surface area contributed by atoms with Gasteiger partial charge in [-0.3, -0.25) is 9.78 Å². The van der Waals surface area contributed by atoms with Gasteiger partial charge >= 0.3 is 5.97 Å². The van der Waals surface area contributed by atoms with Crippen molar-refractivity contribution in [3.05, 3.63) is 28.0 Å². The van der Waals surface area contributed by atoms with Crippen LogP contribution in [0.3, 0.4) is 0 Å². The fourth-order valence-corrected chi connectivity index (χ4v) is 2.07. The third kappa shape index (κ3) is 2.89. The van der Waals surface area contributed by atoms with Crippen molar-refractivity contribution in [2.75, 3.05) is 0 Å². The molecule has 1 heterocycles. The Hall–Kier alpha value is -0.750. The number of aromatic nitrogens is 1. The number of rotatable bonds is 4. The summed E-state index contributed by atoms with van der Waals surface area (Å²) < 4.78 is 25.4. The Morgan fingerprint density at radius 2 is 2.25 bits per heavy atom. The molecule has 0 aliphatic heterocycles. The molecule has 1 aromatic rings. The minimum absolute atomic E-state index is 0.127. The second-order valence-corrected chi connectivity index (χ2v) is 3.90. The second kappa shape index (κ2) is 5.54. The average Bonchev–Trinajstić information content (AvgIpc) is 2.16. The molecule has 0 spiro atoms. The largest absolute Gasteiger partial charge is 0.481 e. The molecule has 16 heavy (non-hydrogen) atoms. The maximum atomic E-state index is 12.7. The van der Waals surface area contributed by atoms with Crippen LogP contribution < -0.4 is 0 Å². The highest BCUT2D eigenvalue weighted by Crippen LogP contribution is 2.32. The zero-order chi connectivity index (χ0) is 12.3. The lowest BCUT2D eigenvalue weighted by Crippen LogP contribution is -2.08. The van der Waals surface area contributed by atoms with Gasteiger partial charge in [0.2, 0.25) is 0 Å². The fraction of sp³-hybridized carbons (Fsp3) is 0.333. The van der Waals surface area contributed by atoms with Gasteiger partial charge < -0.3 is 5.11 Å². The summed E-state index contributed by atoms with van der Waals surface area (Å²) in [7, 11) is 0. The molecule has 1 aromatic heterocycles. The van der Waals surface area contributed by atoms with Gasteiger partial charge in [0.05, 0.1) is 22.7 Å². The van der Waals surface area contributed by atoms with Crippen LogP contribution in [0.1, 0.15) is 23.2 Å². The molecule has 3 nitrogen and oxygen atoms in total. The summed E-state index contributed by atoms with van der Waals surface area (Å²) >= 11 is 8.83. The van der Waals surface area contributed by atoms with E-state index in [9.17, 15) is 13.6 Å². The monoisotopic (exact) mass is 313 g/mol. The number of hydrogen-bond donors (Lipinski definition) is 1. The van der Waals surface area contributed by atoms with Crippen LogP contribution in [0.15, 0.2) is 6.20 Å². The molecule has 0 saturated carbocycles. The van der Waals surface area contributed by atoms with Gasteiger partial charge in [-0.15, -0.1) is 0 Å². The number of carboxylic acids is 1. The molecule has 1 N–H and O–H groups in total. The van der Waals surface area contributed by atoms with Gasteiger partial charge in [0, 0.05) is 17.1 Å². The maximum absolute atomic E-state index is 12.7. The predicted octanol–water partition coefficient (Wildman–Crippen LogP) is 3.19. The number of nitrogens with zero attached hydrogens (tertiary/aromatic N) is 1. The molecule has 1 rings (SSSR count). The highest BCUT2D eigenvalue weighted by molar-refractivity contribution is 9.08. The van der Waals surface area contributed by atoms with E-state index in [4.69, 9.17) is 16.7 Å². The Morgan fingerprint density at radius 3 is 2.69 bits per heavy atom. The molecule has 0 fully saturated rings. The van der Waals surface area contributed by atoms with Gasteiger partial charge in [-0.2, -0.15) is 0 Å². The Morgan fingerprint density at radius 1 is 1.62 bits per heavy atom. The van der Waals surface area contributed by atoms with E-state index in [0.29, 0.717) is 5.56 Å². The van der Waals surface area contributed by atoms with Crippen molar-refractivity contribution in [3.63, 3.8) is 0 Å². The first-order valence-corrected chi connectivity index (χ1v) is 5.69.